The van der Waals surface area contributed by atoms with Gasteiger partial charge in [0, 0.05) is 18.7 Å². The predicted molar refractivity (Wildman–Crippen MR) is 72.0 cm³/mol. The van der Waals surface area contributed by atoms with E-state index in [1.54, 1.807) is 25.3 Å². The molecule has 0 bridgehead atoms. The maximum atomic E-state index is 9.72. The van der Waals surface area contributed by atoms with Crippen molar-refractivity contribution >= 4 is 5.69 Å². The molecule has 0 saturated carbocycles. The molecule has 1 unspecified atom stereocenters. The van der Waals surface area contributed by atoms with E-state index in [-0.39, 0.29) is 6.61 Å². The van der Waals surface area contributed by atoms with Gasteiger partial charge in [0.25, 0.3) is 0 Å². The van der Waals surface area contributed by atoms with Gasteiger partial charge in [0.1, 0.15) is 24.2 Å². The summed E-state index contributed by atoms with van der Waals surface area (Å²) in [4.78, 5) is 0. The summed E-state index contributed by atoms with van der Waals surface area (Å²) in [6, 6.07) is 5.52. The zero-order chi connectivity index (χ0) is 13.5. The van der Waals surface area contributed by atoms with Gasteiger partial charge in [-0.15, -0.1) is 0 Å². The Kier molecular flexibility index (Phi) is 5.74. The fourth-order valence-corrected chi connectivity index (χ4v) is 1.38. The number of nitrogens with two attached hydrogens (primary N) is 1. The van der Waals surface area contributed by atoms with Crippen molar-refractivity contribution < 1.29 is 14.6 Å². The number of ether oxygens (including phenoxy) is 2. The molecule has 1 aromatic rings. The van der Waals surface area contributed by atoms with E-state index in [9.17, 15) is 5.11 Å². The van der Waals surface area contributed by atoms with Crippen molar-refractivity contribution in [3.8, 4) is 11.5 Å². The predicted octanol–water partition coefficient (Wildman–Crippen LogP) is 1.02. The molecule has 1 aromatic carbocycles. The number of hydrogen-bond acceptors (Lipinski definition) is 5. The van der Waals surface area contributed by atoms with Crippen LogP contribution < -0.4 is 20.5 Å². The van der Waals surface area contributed by atoms with Crippen LogP contribution in [0, 0.1) is 0 Å². The Hall–Kier alpha value is -1.46. The molecule has 5 heteroatoms. The minimum Gasteiger partial charge on any atom is -0.497 e. The molecule has 0 aliphatic carbocycles. The van der Waals surface area contributed by atoms with Gasteiger partial charge >= 0.3 is 0 Å². The maximum Gasteiger partial charge on any atom is 0.146 e. The fourth-order valence-electron chi connectivity index (χ4n) is 1.38. The summed E-state index contributed by atoms with van der Waals surface area (Å²) >= 11 is 0. The first-order valence-electron chi connectivity index (χ1n) is 6.00. The van der Waals surface area contributed by atoms with Crippen LogP contribution in [-0.4, -0.2) is 37.5 Å². The van der Waals surface area contributed by atoms with Crippen LogP contribution in [0.5, 0.6) is 11.5 Å². The van der Waals surface area contributed by atoms with Gasteiger partial charge in [-0.2, -0.15) is 0 Å². The standard InChI is InChI=1S/C13H22N2O3/c1-9(2)15-7-10(16)8-18-13-6-11(17-3)4-5-12(13)14/h4-6,9-10,15-16H,7-8,14H2,1-3H3. The molecule has 0 spiro atoms. The SMILES string of the molecule is COc1ccc(N)c(OCC(O)CNC(C)C)c1. The second-order valence-corrected chi connectivity index (χ2v) is 4.43. The van der Waals surface area contributed by atoms with Gasteiger partial charge in [0.05, 0.1) is 12.8 Å². The molecule has 0 aliphatic rings. The molecule has 0 aromatic heterocycles. The molecule has 0 amide bonds. The Morgan fingerprint density at radius 1 is 1.39 bits per heavy atom. The third-order valence-electron chi connectivity index (χ3n) is 2.41. The third kappa shape index (κ3) is 4.81. The molecule has 1 rings (SSSR count). The van der Waals surface area contributed by atoms with E-state index in [4.69, 9.17) is 15.2 Å². The minimum atomic E-state index is -0.571. The number of aliphatic hydroxyl groups excluding tert-OH is 1. The average Bonchev–Trinajstić information content (AvgIpc) is 2.35. The third-order valence-corrected chi connectivity index (χ3v) is 2.41. The van der Waals surface area contributed by atoms with E-state index < -0.39 is 6.10 Å². The normalized spacial score (nSPS) is 12.5. The Bertz CT molecular complexity index is 369. The van der Waals surface area contributed by atoms with Crippen molar-refractivity contribution in [2.45, 2.75) is 26.0 Å². The highest BCUT2D eigenvalue weighted by atomic mass is 16.5. The lowest BCUT2D eigenvalue weighted by molar-refractivity contribution is 0.105. The Morgan fingerprint density at radius 2 is 2.11 bits per heavy atom. The van der Waals surface area contributed by atoms with Crippen LogP contribution in [0.2, 0.25) is 0 Å². The highest BCUT2D eigenvalue weighted by Crippen LogP contribution is 2.26. The van der Waals surface area contributed by atoms with Gasteiger partial charge in [0.2, 0.25) is 0 Å². The van der Waals surface area contributed by atoms with Crippen molar-refractivity contribution in [3.05, 3.63) is 18.2 Å². The summed E-state index contributed by atoms with van der Waals surface area (Å²) < 4.78 is 10.6. The van der Waals surface area contributed by atoms with Crippen LogP contribution >= 0.6 is 0 Å². The summed E-state index contributed by atoms with van der Waals surface area (Å²) in [6.45, 7) is 4.72. The molecule has 5 nitrogen and oxygen atoms in total. The van der Waals surface area contributed by atoms with Crippen LogP contribution in [-0.2, 0) is 0 Å². The summed E-state index contributed by atoms with van der Waals surface area (Å²) in [5, 5.41) is 12.8. The highest BCUT2D eigenvalue weighted by Gasteiger charge is 2.08. The number of methoxy groups -OCH3 is 1. The highest BCUT2D eigenvalue weighted by molar-refractivity contribution is 5.55. The summed E-state index contributed by atoms with van der Waals surface area (Å²) in [7, 11) is 1.58. The lowest BCUT2D eigenvalue weighted by Crippen LogP contribution is -2.35. The molecule has 18 heavy (non-hydrogen) atoms. The fraction of sp³-hybridized carbons (Fsp3) is 0.538. The van der Waals surface area contributed by atoms with E-state index >= 15 is 0 Å². The van der Waals surface area contributed by atoms with Crippen LogP contribution in [0.4, 0.5) is 5.69 Å². The Morgan fingerprint density at radius 3 is 2.72 bits per heavy atom. The van der Waals surface area contributed by atoms with E-state index in [2.05, 4.69) is 5.32 Å². The van der Waals surface area contributed by atoms with Crippen molar-refractivity contribution in [1.82, 2.24) is 5.32 Å². The molecule has 0 fully saturated rings. The number of benzene rings is 1. The van der Waals surface area contributed by atoms with Gasteiger partial charge in [-0.05, 0) is 12.1 Å². The molecule has 4 N–H and O–H groups in total. The first kappa shape index (κ1) is 14.6. The molecule has 0 heterocycles. The second-order valence-electron chi connectivity index (χ2n) is 4.43. The number of rotatable bonds is 7. The second kappa shape index (κ2) is 7.08. The van der Waals surface area contributed by atoms with Crippen LogP contribution in [0.15, 0.2) is 18.2 Å². The maximum absolute atomic E-state index is 9.72. The molecule has 102 valence electrons. The number of nitrogens with one attached hydrogen (secondary N) is 1. The number of anilines is 1. The molecular weight excluding hydrogens is 232 g/mol. The number of nitrogen functional groups attached to an aromatic ring is 1. The Labute approximate surface area is 108 Å². The lowest BCUT2D eigenvalue weighted by atomic mass is 10.2. The van der Waals surface area contributed by atoms with Crippen LogP contribution in [0.1, 0.15) is 13.8 Å². The molecule has 1 atom stereocenters. The zero-order valence-electron chi connectivity index (χ0n) is 11.1. The average molecular weight is 254 g/mol. The Balaban J connectivity index is 2.47. The van der Waals surface area contributed by atoms with Gasteiger partial charge in [0.15, 0.2) is 0 Å². The quantitative estimate of drug-likeness (QED) is 0.633. The van der Waals surface area contributed by atoms with Gasteiger partial charge in [-0.25, -0.2) is 0 Å². The topological polar surface area (TPSA) is 76.7 Å². The van der Waals surface area contributed by atoms with Crippen molar-refractivity contribution in [2.24, 2.45) is 0 Å². The van der Waals surface area contributed by atoms with Crippen LogP contribution in [0.25, 0.3) is 0 Å². The summed E-state index contributed by atoms with van der Waals surface area (Å²) in [6.07, 6.45) is -0.571. The van der Waals surface area contributed by atoms with Crippen molar-refractivity contribution in [3.63, 3.8) is 0 Å². The first-order valence-corrected chi connectivity index (χ1v) is 6.00. The largest absolute Gasteiger partial charge is 0.497 e. The van der Waals surface area contributed by atoms with Crippen molar-refractivity contribution in [1.29, 1.82) is 0 Å². The smallest absolute Gasteiger partial charge is 0.146 e. The molecule has 0 radical (unpaired) electrons. The van der Waals surface area contributed by atoms with Gasteiger partial charge < -0.3 is 25.6 Å². The number of hydrogen-bond donors (Lipinski definition) is 3. The zero-order valence-corrected chi connectivity index (χ0v) is 11.1. The molecule has 0 aliphatic heterocycles. The van der Waals surface area contributed by atoms with E-state index in [1.807, 2.05) is 13.8 Å². The van der Waals surface area contributed by atoms with Gasteiger partial charge in [-0.3, -0.25) is 0 Å². The monoisotopic (exact) mass is 254 g/mol. The minimum absolute atomic E-state index is 0.192. The van der Waals surface area contributed by atoms with E-state index in [0.29, 0.717) is 29.8 Å². The lowest BCUT2D eigenvalue weighted by Gasteiger charge is -2.16. The molecule has 0 saturated heterocycles. The summed E-state index contributed by atoms with van der Waals surface area (Å²) in [5.41, 5.74) is 6.30. The number of aliphatic hydroxyl groups is 1. The van der Waals surface area contributed by atoms with Crippen LogP contribution in [0.3, 0.4) is 0 Å². The van der Waals surface area contributed by atoms with Crippen molar-refractivity contribution in [2.75, 3.05) is 26.0 Å². The first-order chi connectivity index (χ1) is 8.52. The van der Waals surface area contributed by atoms with Gasteiger partial charge in [-0.1, -0.05) is 13.8 Å². The van der Waals surface area contributed by atoms with E-state index in [1.165, 1.54) is 0 Å². The molecular formula is C13H22N2O3. The summed E-state index contributed by atoms with van der Waals surface area (Å²) in [5.74, 6) is 1.20. The van der Waals surface area contributed by atoms with E-state index in [0.717, 1.165) is 0 Å².